The SMILES string of the molecule is Cc1c(N)cccc1COc1ccccc1CCO. The Morgan fingerprint density at radius 2 is 1.79 bits per heavy atom. The van der Waals surface area contributed by atoms with Crippen molar-refractivity contribution < 1.29 is 9.84 Å². The smallest absolute Gasteiger partial charge is 0.123 e. The molecule has 0 unspecified atom stereocenters. The molecule has 0 heterocycles. The molecule has 0 amide bonds. The maximum absolute atomic E-state index is 9.04. The van der Waals surface area contributed by atoms with Gasteiger partial charge in [0.1, 0.15) is 12.4 Å². The van der Waals surface area contributed by atoms with Crippen molar-refractivity contribution in [3.05, 3.63) is 59.2 Å². The largest absolute Gasteiger partial charge is 0.489 e. The van der Waals surface area contributed by atoms with Crippen LogP contribution in [0.3, 0.4) is 0 Å². The standard InChI is InChI=1S/C16H19NO2/c1-12-14(6-4-7-15(12)17)11-19-16-8-3-2-5-13(16)9-10-18/h2-8,18H,9-11,17H2,1H3. The van der Waals surface area contributed by atoms with Crippen LogP contribution in [0.15, 0.2) is 42.5 Å². The Kier molecular flexibility index (Phi) is 4.42. The first kappa shape index (κ1) is 13.4. The molecule has 0 fully saturated rings. The molecule has 2 rings (SSSR count). The van der Waals surface area contributed by atoms with Gasteiger partial charge in [-0.3, -0.25) is 0 Å². The first-order chi connectivity index (χ1) is 9.22. The Morgan fingerprint density at radius 3 is 2.58 bits per heavy atom. The van der Waals surface area contributed by atoms with Gasteiger partial charge in [-0.1, -0.05) is 30.3 Å². The molecule has 3 N–H and O–H groups in total. The van der Waals surface area contributed by atoms with E-state index in [1.54, 1.807) is 0 Å². The van der Waals surface area contributed by atoms with Crippen molar-refractivity contribution in [1.29, 1.82) is 0 Å². The van der Waals surface area contributed by atoms with E-state index in [4.69, 9.17) is 15.6 Å². The van der Waals surface area contributed by atoms with Crippen LogP contribution in [0.4, 0.5) is 5.69 Å². The molecular weight excluding hydrogens is 238 g/mol. The minimum Gasteiger partial charge on any atom is -0.489 e. The quantitative estimate of drug-likeness (QED) is 0.810. The first-order valence-corrected chi connectivity index (χ1v) is 6.38. The summed E-state index contributed by atoms with van der Waals surface area (Å²) < 4.78 is 5.84. The summed E-state index contributed by atoms with van der Waals surface area (Å²) in [6.07, 6.45) is 0.603. The fourth-order valence-corrected chi connectivity index (χ4v) is 1.99. The summed E-state index contributed by atoms with van der Waals surface area (Å²) in [5.41, 5.74) is 9.82. The van der Waals surface area contributed by atoms with E-state index in [1.807, 2.05) is 49.4 Å². The molecule has 0 saturated heterocycles. The number of nitrogens with two attached hydrogens (primary N) is 1. The molecule has 0 bridgehead atoms. The molecule has 100 valence electrons. The van der Waals surface area contributed by atoms with Crippen LogP contribution in [0.5, 0.6) is 5.75 Å². The zero-order valence-electron chi connectivity index (χ0n) is 11.1. The number of aliphatic hydroxyl groups is 1. The van der Waals surface area contributed by atoms with Crippen molar-refractivity contribution >= 4 is 5.69 Å². The topological polar surface area (TPSA) is 55.5 Å². The molecule has 0 atom stereocenters. The second-order valence-corrected chi connectivity index (χ2v) is 4.50. The van der Waals surface area contributed by atoms with E-state index in [1.165, 1.54) is 0 Å². The third-order valence-electron chi connectivity index (χ3n) is 3.22. The number of benzene rings is 2. The Morgan fingerprint density at radius 1 is 1.05 bits per heavy atom. The highest BCUT2D eigenvalue weighted by molar-refractivity contribution is 5.49. The second-order valence-electron chi connectivity index (χ2n) is 4.50. The highest BCUT2D eigenvalue weighted by Gasteiger charge is 2.05. The number of ether oxygens (including phenoxy) is 1. The van der Waals surface area contributed by atoms with E-state index in [-0.39, 0.29) is 6.61 Å². The number of anilines is 1. The van der Waals surface area contributed by atoms with Crippen molar-refractivity contribution in [1.82, 2.24) is 0 Å². The van der Waals surface area contributed by atoms with E-state index in [0.29, 0.717) is 13.0 Å². The molecule has 3 nitrogen and oxygen atoms in total. The number of aliphatic hydroxyl groups excluding tert-OH is 1. The van der Waals surface area contributed by atoms with Gasteiger partial charge in [0.25, 0.3) is 0 Å². The third kappa shape index (κ3) is 3.26. The average molecular weight is 257 g/mol. The van der Waals surface area contributed by atoms with Gasteiger partial charge in [-0.05, 0) is 42.2 Å². The predicted molar refractivity (Wildman–Crippen MR) is 77.2 cm³/mol. The average Bonchev–Trinajstić information content (AvgIpc) is 2.42. The lowest BCUT2D eigenvalue weighted by molar-refractivity contribution is 0.283. The molecular formula is C16H19NO2. The zero-order valence-corrected chi connectivity index (χ0v) is 11.1. The molecule has 0 spiro atoms. The Bertz CT molecular complexity index is 552. The Balaban J connectivity index is 2.12. The zero-order chi connectivity index (χ0) is 13.7. The van der Waals surface area contributed by atoms with Gasteiger partial charge in [0.15, 0.2) is 0 Å². The molecule has 0 aliphatic heterocycles. The highest BCUT2D eigenvalue weighted by Crippen LogP contribution is 2.22. The lowest BCUT2D eigenvalue weighted by Gasteiger charge is -2.13. The number of nitrogen functional groups attached to an aromatic ring is 1. The van der Waals surface area contributed by atoms with Gasteiger partial charge in [0, 0.05) is 12.3 Å². The number of rotatable bonds is 5. The number of para-hydroxylation sites is 1. The van der Waals surface area contributed by atoms with Gasteiger partial charge in [-0.15, -0.1) is 0 Å². The minimum atomic E-state index is 0.123. The van der Waals surface area contributed by atoms with Gasteiger partial charge in [-0.2, -0.15) is 0 Å². The number of hydrogen-bond acceptors (Lipinski definition) is 3. The van der Waals surface area contributed by atoms with Crippen LogP contribution in [0, 0.1) is 6.92 Å². The van der Waals surface area contributed by atoms with E-state index in [2.05, 4.69) is 0 Å². The lowest BCUT2D eigenvalue weighted by atomic mass is 10.1. The Labute approximate surface area is 113 Å². The van der Waals surface area contributed by atoms with E-state index < -0.39 is 0 Å². The highest BCUT2D eigenvalue weighted by atomic mass is 16.5. The molecule has 0 aromatic heterocycles. The van der Waals surface area contributed by atoms with Crippen molar-refractivity contribution in [3.8, 4) is 5.75 Å². The van der Waals surface area contributed by atoms with Crippen molar-refractivity contribution in [2.75, 3.05) is 12.3 Å². The molecule has 3 heteroatoms. The lowest BCUT2D eigenvalue weighted by Crippen LogP contribution is -2.03. The van der Waals surface area contributed by atoms with Gasteiger partial charge < -0.3 is 15.6 Å². The van der Waals surface area contributed by atoms with E-state index in [9.17, 15) is 0 Å². The van der Waals surface area contributed by atoms with Gasteiger partial charge in [0.05, 0.1) is 0 Å². The number of hydrogen-bond donors (Lipinski definition) is 2. The summed E-state index contributed by atoms with van der Waals surface area (Å²) >= 11 is 0. The van der Waals surface area contributed by atoms with Gasteiger partial charge >= 0.3 is 0 Å². The maximum Gasteiger partial charge on any atom is 0.123 e. The van der Waals surface area contributed by atoms with Gasteiger partial charge in [0.2, 0.25) is 0 Å². The maximum atomic E-state index is 9.04. The molecule has 19 heavy (non-hydrogen) atoms. The van der Waals surface area contributed by atoms with Crippen LogP contribution in [-0.2, 0) is 13.0 Å². The minimum absolute atomic E-state index is 0.123. The van der Waals surface area contributed by atoms with E-state index in [0.717, 1.165) is 28.1 Å². The molecule has 2 aromatic rings. The van der Waals surface area contributed by atoms with Crippen LogP contribution in [-0.4, -0.2) is 11.7 Å². The van der Waals surface area contributed by atoms with Crippen LogP contribution < -0.4 is 10.5 Å². The predicted octanol–water partition coefficient (Wildman–Crippen LogP) is 2.69. The van der Waals surface area contributed by atoms with Crippen LogP contribution in [0.1, 0.15) is 16.7 Å². The molecule has 0 aliphatic rings. The molecule has 0 aliphatic carbocycles. The summed E-state index contributed by atoms with van der Waals surface area (Å²) in [6.45, 7) is 2.60. The summed E-state index contributed by atoms with van der Waals surface area (Å²) in [4.78, 5) is 0. The van der Waals surface area contributed by atoms with Crippen molar-refractivity contribution in [2.24, 2.45) is 0 Å². The summed E-state index contributed by atoms with van der Waals surface area (Å²) in [5, 5.41) is 9.04. The normalized spacial score (nSPS) is 10.4. The third-order valence-corrected chi connectivity index (χ3v) is 3.22. The first-order valence-electron chi connectivity index (χ1n) is 6.38. The molecule has 0 radical (unpaired) electrons. The van der Waals surface area contributed by atoms with Gasteiger partial charge in [-0.25, -0.2) is 0 Å². The van der Waals surface area contributed by atoms with E-state index >= 15 is 0 Å². The summed E-state index contributed by atoms with van der Waals surface area (Å²) in [6, 6.07) is 13.6. The van der Waals surface area contributed by atoms with Crippen molar-refractivity contribution in [3.63, 3.8) is 0 Å². The van der Waals surface area contributed by atoms with Crippen LogP contribution in [0.2, 0.25) is 0 Å². The van der Waals surface area contributed by atoms with Crippen LogP contribution >= 0.6 is 0 Å². The monoisotopic (exact) mass is 257 g/mol. The van der Waals surface area contributed by atoms with Crippen molar-refractivity contribution in [2.45, 2.75) is 20.0 Å². The summed E-state index contributed by atoms with van der Waals surface area (Å²) in [7, 11) is 0. The molecule has 2 aromatic carbocycles. The Hall–Kier alpha value is -2.00. The summed E-state index contributed by atoms with van der Waals surface area (Å²) in [5.74, 6) is 0.818. The molecule has 0 saturated carbocycles. The van der Waals surface area contributed by atoms with Crippen LogP contribution in [0.25, 0.3) is 0 Å². The second kappa shape index (κ2) is 6.25. The fraction of sp³-hybridized carbons (Fsp3) is 0.250. The fourth-order valence-electron chi connectivity index (χ4n) is 1.99.